The summed E-state index contributed by atoms with van der Waals surface area (Å²) in [4.78, 5) is 13.5. The molecule has 2 aliphatic rings. The van der Waals surface area contributed by atoms with Crippen molar-refractivity contribution < 1.29 is 13.6 Å². The molecule has 0 bridgehead atoms. The van der Waals surface area contributed by atoms with Gasteiger partial charge in [0.05, 0.1) is 6.54 Å². The van der Waals surface area contributed by atoms with Gasteiger partial charge >= 0.3 is 0 Å². The van der Waals surface area contributed by atoms with Gasteiger partial charge in [0, 0.05) is 0 Å². The second-order valence-corrected chi connectivity index (χ2v) is 5.33. The van der Waals surface area contributed by atoms with Gasteiger partial charge in [0.15, 0.2) is 0 Å². The summed E-state index contributed by atoms with van der Waals surface area (Å²) in [5.74, 6) is -0.180. The molecule has 1 N–H and O–H groups in total. The van der Waals surface area contributed by atoms with Crippen molar-refractivity contribution in [1.82, 2.24) is 10.2 Å². The molecular formula is C14H16F2N2O. The number of hydrogen-bond donors (Lipinski definition) is 1. The van der Waals surface area contributed by atoms with Crippen LogP contribution in [0.2, 0.25) is 0 Å². The van der Waals surface area contributed by atoms with Crippen molar-refractivity contribution in [2.24, 2.45) is 0 Å². The lowest BCUT2D eigenvalue weighted by atomic mass is 10.1. The van der Waals surface area contributed by atoms with E-state index in [0.29, 0.717) is 0 Å². The number of amides is 1. The van der Waals surface area contributed by atoms with Crippen molar-refractivity contribution in [3.63, 3.8) is 0 Å². The fourth-order valence-corrected chi connectivity index (χ4v) is 2.75. The summed E-state index contributed by atoms with van der Waals surface area (Å²) in [6.45, 7) is 1.42. The maximum absolute atomic E-state index is 12.7. The van der Waals surface area contributed by atoms with Crippen LogP contribution in [0.25, 0.3) is 0 Å². The number of halogens is 2. The van der Waals surface area contributed by atoms with Crippen LogP contribution in [0.5, 0.6) is 0 Å². The molecule has 1 saturated carbocycles. The molecule has 1 heterocycles. The predicted octanol–water partition coefficient (Wildman–Crippen LogP) is 2.22. The van der Waals surface area contributed by atoms with E-state index in [1.54, 1.807) is 0 Å². The fraction of sp³-hybridized carbons (Fsp3) is 0.500. The minimum absolute atomic E-state index is 0.180. The molecule has 5 heteroatoms. The molecule has 102 valence electrons. The predicted molar refractivity (Wildman–Crippen MR) is 66.7 cm³/mol. The van der Waals surface area contributed by atoms with Crippen molar-refractivity contribution >= 4 is 5.91 Å². The minimum Gasteiger partial charge on any atom is -0.316 e. The molecule has 1 unspecified atom stereocenters. The standard InChI is InChI=1S/C14H16F2N2O/c1-9-4-2-3-5-10(9)12-17-14(6-7-14)13(19)18(12)8-11(15)16/h2-5,11-12,17H,6-8H2,1H3. The van der Waals surface area contributed by atoms with Gasteiger partial charge in [-0.3, -0.25) is 10.1 Å². The van der Waals surface area contributed by atoms with Gasteiger partial charge in [-0.15, -0.1) is 0 Å². The molecule has 1 aliphatic heterocycles. The molecule has 1 amide bonds. The van der Waals surface area contributed by atoms with Crippen LogP contribution in [0.4, 0.5) is 8.78 Å². The van der Waals surface area contributed by atoms with E-state index in [2.05, 4.69) is 5.32 Å². The van der Waals surface area contributed by atoms with E-state index in [9.17, 15) is 13.6 Å². The van der Waals surface area contributed by atoms with Gasteiger partial charge in [-0.05, 0) is 30.9 Å². The number of nitrogens with one attached hydrogen (secondary N) is 1. The highest BCUT2D eigenvalue weighted by atomic mass is 19.3. The number of carbonyl (C=O) groups is 1. The highest BCUT2D eigenvalue weighted by Crippen LogP contribution is 2.46. The fourth-order valence-electron chi connectivity index (χ4n) is 2.75. The van der Waals surface area contributed by atoms with Crippen molar-refractivity contribution in [3.8, 4) is 0 Å². The van der Waals surface area contributed by atoms with Crippen molar-refractivity contribution in [2.75, 3.05) is 6.54 Å². The lowest BCUT2D eigenvalue weighted by molar-refractivity contribution is -0.132. The first-order valence-electron chi connectivity index (χ1n) is 6.46. The first kappa shape index (κ1) is 12.5. The van der Waals surface area contributed by atoms with Crippen LogP contribution in [0.15, 0.2) is 24.3 Å². The largest absolute Gasteiger partial charge is 0.316 e. The Morgan fingerprint density at radius 1 is 1.42 bits per heavy atom. The molecule has 1 spiro atoms. The summed E-state index contributed by atoms with van der Waals surface area (Å²) in [5, 5.41) is 3.25. The Labute approximate surface area is 110 Å². The molecule has 2 fully saturated rings. The molecule has 1 saturated heterocycles. The smallest absolute Gasteiger partial charge is 0.255 e. The zero-order valence-corrected chi connectivity index (χ0v) is 10.7. The SMILES string of the molecule is Cc1ccccc1C1NC2(CC2)C(=O)N1CC(F)F. The van der Waals surface area contributed by atoms with Crippen LogP contribution in [-0.4, -0.2) is 29.3 Å². The number of hydrogen-bond acceptors (Lipinski definition) is 2. The van der Waals surface area contributed by atoms with E-state index in [-0.39, 0.29) is 5.91 Å². The average Bonchev–Trinajstić information content (AvgIpc) is 3.09. The summed E-state index contributed by atoms with van der Waals surface area (Å²) in [6, 6.07) is 7.59. The third-order valence-electron chi connectivity index (χ3n) is 3.96. The Morgan fingerprint density at radius 3 is 2.68 bits per heavy atom. The lowest BCUT2D eigenvalue weighted by Crippen LogP contribution is -2.35. The van der Waals surface area contributed by atoms with Crippen LogP contribution in [0.1, 0.15) is 30.1 Å². The van der Waals surface area contributed by atoms with Crippen LogP contribution in [0.3, 0.4) is 0 Å². The third-order valence-corrected chi connectivity index (χ3v) is 3.96. The molecule has 1 aliphatic carbocycles. The van der Waals surface area contributed by atoms with Crippen LogP contribution in [0, 0.1) is 6.92 Å². The molecule has 0 aromatic heterocycles. The lowest BCUT2D eigenvalue weighted by Gasteiger charge is -2.25. The normalized spacial score (nSPS) is 24.5. The number of aryl methyl sites for hydroxylation is 1. The van der Waals surface area contributed by atoms with Crippen LogP contribution >= 0.6 is 0 Å². The molecule has 19 heavy (non-hydrogen) atoms. The van der Waals surface area contributed by atoms with E-state index in [1.807, 2.05) is 31.2 Å². The van der Waals surface area contributed by atoms with E-state index >= 15 is 0 Å². The quantitative estimate of drug-likeness (QED) is 0.910. The highest BCUT2D eigenvalue weighted by Gasteiger charge is 2.59. The first-order valence-corrected chi connectivity index (χ1v) is 6.46. The number of benzene rings is 1. The second kappa shape index (κ2) is 4.27. The van der Waals surface area contributed by atoms with Gasteiger partial charge < -0.3 is 4.90 Å². The van der Waals surface area contributed by atoms with Crippen molar-refractivity contribution in [1.29, 1.82) is 0 Å². The van der Waals surface area contributed by atoms with E-state index in [1.165, 1.54) is 4.90 Å². The zero-order chi connectivity index (χ0) is 13.6. The van der Waals surface area contributed by atoms with E-state index < -0.39 is 24.7 Å². The molecule has 0 radical (unpaired) electrons. The van der Waals surface area contributed by atoms with Gasteiger partial charge in [-0.2, -0.15) is 0 Å². The molecular weight excluding hydrogens is 250 g/mol. The Bertz CT molecular complexity index is 514. The maximum Gasteiger partial charge on any atom is 0.255 e. The zero-order valence-electron chi connectivity index (χ0n) is 10.7. The van der Waals surface area contributed by atoms with Crippen molar-refractivity contribution in [2.45, 2.75) is 37.9 Å². The Morgan fingerprint density at radius 2 is 2.11 bits per heavy atom. The highest BCUT2D eigenvalue weighted by molar-refractivity contribution is 5.92. The summed E-state index contributed by atoms with van der Waals surface area (Å²) in [5.41, 5.74) is 1.34. The molecule has 3 rings (SSSR count). The van der Waals surface area contributed by atoms with E-state index in [0.717, 1.165) is 24.0 Å². The molecule has 1 aromatic carbocycles. The number of rotatable bonds is 3. The first-order chi connectivity index (χ1) is 9.03. The van der Waals surface area contributed by atoms with Crippen LogP contribution in [-0.2, 0) is 4.79 Å². The van der Waals surface area contributed by atoms with Crippen LogP contribution < -0.4 is 5.32 Å². The van der Waals surface area contributed by atoms with Crippen molar-refractivity contribution in [3.05, 3.63) is 35.4 Å². The second-order valence-electron chi connectivity index (χ2n) is 5.33. The van der Waals surface area contributed by atoms with Gasteiger partial charge in [0.1, 0.15) is 11.7 Å². The van der Waals surface area contributed by atoms with Gasteiger partial charge in [-0.25, -0.2) is 8.78 Å². The number of nitrogens with zero attached hydrogens (tertiary/aromatic N) is 1. The monoisotopic (exact) mass is 266 g/mol. The molecule has 3 nitrogen and oxygen atoms in total. The Kier molecular flexibility index (Phi) is 2.82. The van der Waals surface area contributed by atoms with E-state index in [4.69, 9.17) is 0 Å². The molecule has 1 aromatic rings. The number of alkyl halides is 2. The maximum atomic E-state index is 12.7. The third kappa shape index (κ3) is 2.02. The van der Waals surface area contributed by atoms with Gasteiger partial charge in [0.25, 0.3) is 6.43 Å². The summed E-state index contributed by atoms with van der Waals surface area (Å²) < 4.78 is 25.4. The topological polar surface area (TPSA) is 32.3 Å². The summed E-state index contributed by atoms with van der Waals surface area (Å²) in [6.07, 6.45) is -1.45. The van der Waals surface area contributed by atoms with Gasteiger partial charge in [-0.1, -0.05) is 24.3 Å². The summed E-state index contributed by atoms with van der Waals surface area (Å²) in [7, 11) is 0. The summed E-state index contributed by atoms with van der Waals surface area (Å²) >= 11 is 0. The van der Waals surface area contributed by atoms with Gasteiger partial charge in [0.2, 0.25) is 5.91 Å². The number of carbonyl (C=O) groups excluding carboxylic acids is 1. The average molecular weight is 266 g/mol. The molecule has 1 atom stereocenters. The Hall–Kier alpha value is -1.49. The minimum atomic E-state index is -2.51. The Balaban J connectivity index is 1.94.